The highest BCUT2D eigenvalue weighted by Crippen LogP contribution is 2.22. The third-order valence-corrected chi connectivity index (χ3v) is 5.57. The lowest BCUT2D eigenvalue weighted by molar-refractivity contribution is 0.581. The molecule has 23 heavy (non-hydrogen) atoms. The van der Waals surface area contributed by atoms with Gasteiger partial charge in [-0.3, -0.25) is 4.99 Å². The topological polar surface area (TPSA) is 70.6 Å². The zero-order valence-electron chi connectivity index (χ0n) is 13.6. The van der Waals surface area contributed by atoms with E-state index in [2.05, 4.69) is 37.6 Å². The SMILES string of the molecule is CCNC(=NCCc1ccc(Br)s1)NC(C)CCS(C)(=O)=O.I. The van der Waals surface area contributed by atoms with Crippen molar-refractivity contribution in [3.63, 3.8) is 0 Å². The lowest BCUT2D eigenvalue weighted by atomic mass is 10.3. The summed E-state index contributed by atoms with van der Waals surface area (Å²) >= 11 is 5.17. The number of halogens is 2. The first-order valence-electron chi connectivity index (χ1n) is 7.27. The van der Waals surface area contributed by atoms with E-state index in [1.165, 1.54) is 11.1 Å². The van der Waals surface area contributed by atoms with Gasteiger partial charge in [0, 0.05) is 36.7 Å². The quantitative estimate of drug-likeness (QED) is 0.304. The maximum atomic E-state index is 11.2. The fourth-order valence-corrected chi connectivity index (χ4v) is 4.03. The van der Waals surface area contributed by atoms with Crippen LogP contribution in [0.2, 0.25) is 0 Å². The van der Waals surface area contributed by atoms with Crippen molar-refractivity contribution in [2.24, 2.45) is 4.99 Å². The molecule has 0 fully saturated rings. The van der Waals surface area contributed by atoms with Crippen molar-refractivity contribution >= 4 is 67.0 Å². The van der Waals surface area contributed by atoms with Crippen LogP contribution in [0.4, 0.5) is 0 Å². The first-order valence-corrected chi connectivity index (χ1v) is 10.9. The fourth-order valence-electron chi connectivity index (χ4n) is 1.78. The van der Waals surface area contributed by atoms with Crippen LogP contribution in [0.1, 0.15) is 25.1 Å². The highest BCUT2D eigenvalue weighted by atomic mass is 127. The predicted octanol–water partition coefficient (Wildman–Crippen LogP) is 3.05. The number of hydrogen-bond donors (Lipinski definition) is 2. The average Bonchev–Trinajstić information content (AvgIpc) is 2.81. The molecule has 0 radical (unpaired) electrons. The number of thiophene rings is 1. The molecular formula is C14H25BrIN3O2S2. The largest absolute Gasteiger partial charge is 0.357 e. The van der Waals surface area contributed by atoms with Crippen molar-refractivity contribution in [3.8, 4) is 0 Å². The molecule has 1 rings (SSSR count). The van der Waals surface area contributed by atoms with Crippen LogP contribution < -0.4 is 10.6 Å². The van der Waals surface area contributed by atoms with Crippen molar-refractivity contribution in [2.75, 3.05) is 25.1 Å². The Bertz CT molecular complexity index is 591. The van der Waals surface area contributed by atoms with Gasteiger partial charge in [0.25, 0.3) is 0 Å². The molecule has 0 spiro atoms. The molecule has 0 saturated carbocycles. The van der Waals surface area contributed by atoms with Crippen LogP contribution in [0.3, 0.4) is 0 Å². The first kappa shape index (κ1) is 23.1. The van der Waals surface area contributed by atoms with Gasteiger partial charge in [0.1, 0.15) is 9.84 Å². The summed E-state index contributed by atoms with van der Waals surface area (Å²) in [5.74, 6) is 0.920. The summed E-state index contributed by atoms with van der Waals surface area (Å²) in [6, 6.07) is 4.20. The average molecular weight is 538 g/mol. The van der Waals surface area contributed by atoms with Crippen molar-refractivity contribution in [2.45, 2.75) is 32.7 Å². The minimum absolute atomic E-state index is 0. The van der Waals surface area contributed by atoms with Crippen LogP contribution in [-0.4, -0.2) is 45.5 Å². The second kappa shape index (κ2) is 11.6. The van der Waals surface area contributed by atoms with Gasteiger partial charge in [-0.05, 0) is 48.3 Å². The Morgan fingerprint density at radius 1 is 1.43 bits per heavy atom. The molecule has 0 aliphatic rings. The van der Waals surface area contributed by atoms with Gasteiger partial charge >= 0.3 is 0 Å². The van der Waals surface area contributed by atoms with Gasteiger partial charge in [-0.1, -0.05) is 0 Å². The van der Waals surface area contributed by atoms with E-state index < -0.39 is 9.84 Å². The summed E-state index contributed by atoms with van der Waals surface area (Å²) in [5.41, 5.74) is 0. The number of sulfone groups is 1. The molecule has 0 saturated heterocycles. The molecule has 134 valence electrons. The molecule has 1 atom stereocenters. The molecule has 1 unspecified atom stereocenters. The predicted molar refractivity (Wildman–Crippen MR) is 114 cm³/mol. The Morgan fingerprint density at radius 2 is 2.13 bits per heavy atom. The van der Waals surface area contributed by atoms with E-state index in [4.69, 9.17) is 0 Å². The van der Waals surface area contributed by atoms with Crippen LogP contribution in [0.5, 0.6) is 0 Å². The fraction of sp³-hybridized carbons (Fsp3) is 0.643. The van der Waals surface area contributed by atoms with E-state index in [0.29, 0.717) is 13.0 Å². The van der Waals surface area contributed by atoms with Gasteiger partial charge in [-0.15, -0.1) is 35.3 Å². The van der Waals surface area contributed by atoms with E-state index >= 15 is 0 Å². The Balaban J connectivity index is 0.00000484. The zero-order valence-corrected chi connectivity index (χ0v) is 19.2. The summed E-state index contributed by atoms with van der Waals surface area (Å²) in [7, 11) is -2.92. The summed E-state index contributed by atoms with van der Waals surface area (Å²) in [4.78, 5) is 5.83. The van der Waals surface area contributed by atoms with E-state index in [0.717, 1.165) is 22.7 Å². The first-order chi connectivity index (χ1) is 10.3. The Labute approximate surface area is 168 Å². The van der Waals surface area contributed by atoms with Crippen molar-refractivity contribution in [1.29, 1.82) is 0 Å². The molecule has 1 aromatic rings. The van der Waals surface area contributed by atoms with Crippen LogP contribution >= 0.6 is 51.2 Å². The van der Waals surface area contributed by atoms with Crippen LogP contribution in [0.25, 0.3) is 0 Å². The molecule has 0 bridgehead atoms. The van der Waals surface area contributed by atoms with Crippen molar-refractivity contribution < 1.29 is 8.42 Å². The third kappa shape index (κ3) is 11.3. The Morgan fingerprint density at radius 3 is 2.65 bits per heavy atom. The number of nitrogens with one attached hydrogen (secondary N) is 2. The van der Waals surface area contributed by atoms with Crippen molar-refractivity contribution in [1.82, 2.24) is 10.6 Å². The summed E-state index contributed by atoms with van der Waals surface area (Å²) in [5, 5.41) is 6.44. The molecule has 5 nitrogen and oxygen atoms in total. The van der Waals surface area contributed by atoms with E-state index in [9.17, 15) is 8.42 Å². The second-order valence-corrected chi connectivity index (χ2v) is 9.99. The van der Waals surface area contributed by atoms with Gasteiger partial charge in [0.15, 0.2) is 5.96 Å². The number of guanidine groups is 1. The number of rotatable bonds is 8. The highest BCUT2D eigenvalue weighted by molar-refractivity contribution is 14.0. The highest BCUT2D eigenvalue weighted by Gasteiger charge is 2.09. The van der Waals surface area contributed by atoms with E-state index in [-0.39, 0.29) is 35.8 Å². The zero-order chi connectivity index (χ0) is 16.6. The van der Waals surface area contributed by atoms with Crippen LogP contribution in [0, 0.1) is 0 Å². The standard InChI is InChI=1S/C14H24BrN3O2S2.HI/c1-4-16-14(18-11(2)8-10-22(3,19)20)17-9-7-12-5-6-13(15)21-12;/h5-6,11H,4,7-10H2,1-3H3,(H2,16,17,18);1H. The van der Waals surface area contributed by atoms with Crippen LogP contribution in [0.15, 0.2) is 20.9 Å². The molecule has 9 heteroatoms. The summed E-state index contributed by atoms with van der Waals surface area (Å²) in [6.07, 6.45) is 2.73. The molecular weight excluding hydrogens is 513 g/mol. The monoisotopic (exact) mass is 537 g/mol. The summed E-state index contributed by atoms with van der Waals surface area (Å²) in [6.45, 7) is 5.44. The third-order valence-electron chi connectivity index (χ3n) is 2.91. The smallest absolute Gasteiger partial charge is 0.191 e. The molecule has 2 N–H and O–H groups in total. The minimum atomic E-state index is -2.92. The minimum Gasteiger partial charge on any atom is -0.357 e. The number of nitrogens with zero attached hydrogens (tertiary/aromatic N) is 1. The van der Waals surface area contributed by atoms with Crippen molar-refractivity contribution in [3.05, 3.63) is 20.8 Å². The second-order valence-electron chi connectivity index (χ2n) is 5.18. The van der Waals surface area contributed by atoms with Crippen LogP contribution in [-0.2, 0) is 16.3 Å². The molecule has 1 aromatic heterocycles. The molecule has 0 aliphatic heterocycles. The number of hydrogen-bond acceptors (Lipinski definition) is 4. The maximum absolute atomic E-state index is 11.2. The van der Waals surface area contributed by atoms with Gasteiger partial charge in [-0.2, -0.15) is 0 Å². The van der Waals surface area contributed by atoms with E-state index in [1.54, 1.807) is 11.3 Å². The lowest BCUT2D eigenvalue weighted by Gasteiger charge is -2.17. The summed E-state index contributed by atoms with van der Waals surface area (Å²) < 4.78 is 23.5. The lowest BCUT2D eigenvalue weighted by Crippen LogP contribution is -2.43. The number of aliphatic imine (C=N–C) groups is 1. The van der Waals surface area contributed by atoms with Gasteiger partial charge in [0.2, 0.25) is 0 Å². The maximum Gasteiger partial charge on any atom is 0.191 e. The van der Waals surface area contributed by atoms with Gasteiger partial charge in [0.05, 0.1) is 9.54 Å². The molecule has 0 amide bonds. The Kier molecular flexibility index (Phi) is 11.7. The normalized spacial score (nSPS) is 13.3. The molecule has 0 aromatic carbocycles. The molecule has 0 aliphatic carbocycles. The van der Waals surface area contributed by atoms with Gasteiger partial charge in [-0.25, -0.2) is 8.42 Å². The van der Waals surface area contributed by atoms with E-state index in [1.807, 2.05) is 19.9 Å². The molecule has 1 heterocycles. The van der Waals surface area contributed by atoms with Gasteiger partial charge < -0.3 is 10.6 Å². The Hall–Kier alpha value is 0.130.